The summed E-state index contributed by atoms with van der Waals surface area (Å²) in [4.78, 5) is 11.8. The highest BCUT2D eigenvalue weighted by Crippen LogP contribution is 2.19. The summed E-state index contributed by atoms with van der Waals surface area (Å²) in [6.45, 7) is 1.94. The van der Waals surface area contributed by atoms with Gasteiger partial charge in [-0.2, -0.15) is 0 Å². The summed E-state index contributed by atoms with van der Waals surface area (Å²) in [6, 6.07) is 0. The first-order valence-electron chi connectivity index (χ1n) is 6.45. The Labute approximate surface area is 113 Å². The molecule has 0 aromatic rings. The smallest absolute Gasteiger partial charge is 0.223 e. The Morgan fingerprint density at radius 1 is 1.42 bits per heavy atom. The maximum absolute atomic E-state index is 11.8. The Morgan fingerprint density at radius 3 is 2.47 bits per heavy atom. The van der Waals surface area contributed by atoms with E-state index < -0.39 is 22.7 Å². The lowest BCUT2D eigenvalue weighted by Gasteiger charge is -2.30. The van der Waals surface area contributed by atoms with Crippen molar-refractivity contribution in [1.82, 2.24) is 9.62 Å². The highest BCUT2D eigenvalue weighted by atomic mass is 32.2. The lowest BCUT2D eigenvalue weighted by atomic mass is 9.97. The minimum Gasteiger partial charge on any atom is -0.394 e. The first-order valence-corrected chi connectivity index (χ1v) is 8.06. The third kappa shape index (κ3) is 4.72. The van der Waals surface area contributed by atoms with Crippen LogP contribution in [0.2, 0.25) is 0 Å². The van der Waals surface area contributed by atoms with Crippen molar-refractivity contribution in [2.24, 2.45) is 5.92 Å². The number of hydrogen-bond acceptors (Lipinski definition) is 5. The maximum Gasteiger partial charge on any atom is 0.223 e. The number of carbonyl (C=O) groups is 1. The summed E-state index contributed by atoms with van der Waals surface area (Å²) in [7, 11) is -3.17. The minimum atomic E-state index is -3.17. The van der Waals surface area contributed by atoms with Crippen LogP contribution in [0.4, 0.5) is 0 Å². The van der Waals surface area contributed by atoms with Gasteiger partial charge < -0.3 is 15.5 Å². The highest BCUT2D eigenvalue weighted by Gasteiger charge is 2.30. The average Bonchev–Trinajstić information content (AvgIpc) is 2.44. The van der Waals surface area contributed by atoms with E-state index in [-0.39, 0.29) is 24.1 Å². The van der Waals surface area contributed by atoms with Gasteiger partial charge in [-0.25, -0.2) is 12.7 Å². The van der Waals surface area contributed by atoms with Crippen LogP contribution in [0.3, 0.4) is 0 Å². The van der Waals surface area contributed by atoms with Gasteiger partial charge in [0, 0.05) is 25.6 Å². The molecule has 1 amide bonds. The van der Waals surface area contributed by atoms with Gasteiger partial charge >= 0.3 is 0 Å². The van der Waals surface area contributed by atoms with E-state index in [1.807, 2.05) is 0 Å². The molecule has 1 fully saturated rings. The van der Waals surface area contributed by atoms with Crippen molar-refractivity contribution in [3.8, 4) is 0 Å². The number of nitrogens with one attached hydrogen (secondary N) is 1. The fourth-order valence-electron chi connectivity index (χ4n) is 2.01. The summed E-state index contributed by atoms with van der Waals surface area (Å²) in [5, 5.41) is 20.3. The van der Waals surface area contributed by atoms with Crippen molar-refractivity contribution in [2.45, 2.75) is 25.9 Å². The largest absolute Gasteiger partial charge is 0.394 e. The Balaban J connectivity index is 2.39. The highest BCUT2D eigenvalue weighted by molar-refractivity contribution is 7.89. The molecule has 3 N–H and O–H groups in total. The second-order valence-corrected chi connectivity index (χ2v) is 6.91. The molecule has 1 aliphatic heterocycles. The van der Waals surface area contributed by atoms with E-state index in [0.29, 0.717) is 25.9 Å². The molecule has 0 spiro atoms. The normalized spacial score (nSPS) is 20.2. The molecule has 0 radical (unpaired) electrons. The first-order chi connectivity index (χ1) is 8.90. The Kier molecular flexibility index (Phi) is 6.18. The van der Waals surface area contributed by atoms with E-state index in [0.717, 1.165) is 0 Å². The number of aliphatic hydroxyl groups excluding tert-OH is 2. The van der Waals surface area contributed by atoms with Gasteiger partial charge in [-0.3, -0.25) is 4.79 Å². The number of carbonyl (C=O) groups excluding carboxylic acids is 1. The lowest BCUT2D eigenvalue weighted by Crippen LogP contribution is -2.44. The van der Waals surface area contributed by atoms with Crippen LogP contribution in [0, 0.1) is 5.92 Å². The third-order valence-corrected chi connectivity index (χ3v) is 5.19. The first kappa shape index (κ1) is 16.4. The minimum absolute atomic E-state index is 0.0167. The SMILES string of the molecule is CCS(=O)(=O)N1CCC(C(=O)NCC(O)CO)CC1. The predicted molar refractivity (Wildman–Crippen MR) is 69.9 cm³/mol. The van der Waals surface area contributed by atoms with Gasteiger partial charge in [-0.1, -0.05) is 0 Å². The number of hydrogen-bond donors (Lipinski definition) is 3. The molecular formula is C11H22N2O5S. The standard InChI is InChI=1S/C11H22N2O5S/c1-2-19(17,18)13-5-3-9(4-6-13)11(16)12-7-10(15)8-14/h9-10,14-15H,2-8H2,1H3,(H,12,16). The van der Waals surface area contributed by atoms with Crippen LogP contribution in [-0.2, 0) is 14.8 Å². The number of nitrogens with zero attached hydrogens (tertiary/aromatic N) is 1. The van der Waals surface area contributed by atoms with Crippen LogP contribution >= 0.6 is 0 Å². The molecule has 0 aromatic carbocycles. The van der Waals surface area contributed by atoms with Crippen LogP contribution in [0.1, 0.15) is 19.8 Å². The van der Waals surface area contributed by atoms with Crippen molar-refractivity contribution in [3.05, 3.63) is 0 Å². The third-order valence-electron chi connectivity index (χ3n) is 3.31. The summed E-state index contributed by atoms with van der Waals surface area (Å²) in [5.41, 5.74) is 0. The molecule has 8 heteroatoms. The molecule has 19 heavy (non-hydrogen) atoms. The van der Waals surface area contributed by atoms with Crippen LogP contribution in [0.15, 0.2) is 0 Å². The molecule has 1 rings (SSSR count). The van der Waals surface area contributed by atoms with Crippen molar-refractivity contribution in [1.29, 1.82) is 0 Å². The lowest BCUT2D eigenvalue weighted by molar-refractivity contribution is -0.126. The quantitative estimate of drug-likeness (QED) is 0.554. The Hall–Kier alpha value is -0.700. The van der Waals surface area contributed by atoms with E-state index in [1.165, 1.54) is 4.31 Å². The van der Waals surface area contributed by atoms with E-state index in [4.69, 9.17) is 10.2 Å². The van der Waals surface area contributed by atoms with Gasteiger partial charge in [0.05, 0.1) is 18.5 Å². The van der Waals surface area contributed by atoms with Gasteiger partial charge in [0.15, 0.2) is 0 Å². The monoisotopic (exact) mass is 294 g/mol. The number of rotatable bonds is 6. The summed E-state index contributed by atoms with van der Waals surface area (Å²) in [5.74, 6) is -0.345. The number of aliphatic hydroxyl groups is 2. The van der Waals surface area contributed by atoms with Gasteiger partial charge in [-0.15, -0.1) is 0 Å². The van der Waals surface area contributed by atoms with Gasteiger partial charge in [0.1, 0.15) is 0 Å². The molecule has 1 atom stereocenters. The number of sulfonamides is 1. The van der Waals surface area contributed by atoms with Gasteiger partial charge in [0.2, 0.25) is 15.9 Å². The zero-order valence-electron chi connectivity index (χ0n) is 11.1. The topological polar surface area (TPSA) is 107 Å². The second-order valence-electron chi connectivity index (χ2n) is 4.66. The maximum atomic E-state index is 11.8. The summed E-state index contributed by atoms with van der Waals surface area (Å²) >= 11 is 0. The molecule has 0 aliphatic carbocycles. The molecule has 7 nitrogen and oxygen atoms in total. The van der Waals surface area contributed by atoms with Crippen LogP contribution in [0.25, 0.3) is 0 Å². The molecule has 0 saturated carbocycles. The molecule has 112 valence electrons. The van der Waals surface area contributed by atoms with Crippen molar-refractivity contribution in [3.63, 3.8) is 0 Å². The molecule has 1 aliphatic rings. The van der Waals surface area contributed by atoms with E-state index >= 15 is 0 Å². The predicted octanol–water partition coefficient (Wildman–Crippen LogP) is -1.48. The van der Waals surface area contributed by atoms with Crippen molar-refractivity contribution >= 4 is 15.9 Å². The number of piperidine rings is 1. The molecular weight excluding hydrogens is 272 g/mol. The fraction of sp³-hybridized carbons (Fsp3) is 0.909. The molecule has 1 unspecified atom stereocenters. The van der Waals surface area contributed by atoms with Crippen LogP contribution in [0.5, 0.6) is 0 Å². The average molecular weight is 294 g/mol. The molecule has 0 bridgehead atoms. The van der Waals surface area contributed by atoms with Crippen molar-refractivity contribution < 1.29 is 23.4 Å². The van der Waals surface area contributed by atoms with Gasteiger partial charge in [-0.05, 0) is 19.8 Å². The summed E-state index contributed by atoms with van der Waals surface area (Å²) < 4.78 is 24.7. The fourth-order valence-corrected chi connectivity index (χ4v) is 3.14. The summed E-state index contributed by atoms with van der Waals surface area (Å²) in [6.07, 6.45) is 0.0186. The zero-order chi connectivity index (χ0) is 14.5. The Morgan fingerprint density at radius 2 is 2.00 bits per heavy atom. The zero-order valence-corrected chi connectivity index (χ0v) is 11.9. The van der Waals surface area contributed by atoms with E-state index in [9.17, 15) is 13.2 Å². The van der Waals surface area contributed by atoms with Crippen LogP contribution in [-0.4, -0.2) is 66.9 Å². The Bertz CT molecular complexity index is 390. The van der Waals surface area contributed by atoms with Gasteiger partial charge in [0.25, 0.3) is 0 Å². The van der Waals surface area contributed by atoms with E-state index in [2.05, 4.69) is 5.32 Å². The second kappa shape index (κ2) is 7.18. The molecule has 1 heterocycles. The van der Waals surface area contributed by atoms with Crippen LogP contribution < -0.4 is 5.32 Å². The molecule has 1 saturated heterocycles. The molecule has 0 aromatic heterocycles. The van der Waals surface area contributed by atoms with E-state index in [1.54, 1.807) is 6.92 Å². The number of amides is 1. The van der Waals surface area contributed by atoms with Crippen molar-refractivity contribution in [2.75, 3.05) is 32.0 Å².